The highest BCUT2D eigenvalue weighted by Crippen LogP contribution is 2.07. The zero-order valence-corrected chi connectivity index (χ0v) is 8.04. The van der Waals surface area contributed by atoms with Gasteiger partial charge in [-0.15, -0.1) is 11.6 Å². The molecule has 2 N–H and O–H groups in total. The minimum Gasteiger partial charge on any atom is -0.311 e. The standard InChI is InChI=1S/C8H17ClN2/c1-8(2)6-10-7(3-4-9)5-11-8/h7,10-11H,3-6H2,1-2H3. The molecule has 1 unspecified atom stereocenters. The van der Waals surface area contributed by atoms with Crippen LogP contribution in [0.5, 0.6) is 0 Å². The van der Waals surface area contributed by atoms with Crippen LogP contribution >= 0.6 is 11.6 Å². The summed E-state index contributed by atoms with van der Waals surface area (Å²) in [6.45, 7) is 6.49. The van der Waals surface area contributed by atoms with Crippen molar-refractivity contribution < 1.29 is 0 Å². The van der Waals surface area contributed by atoms with Gasteiger partial charge in [-0.25, -0.2) is 0 Å². The first kappa shape index (κ1) is 9.30. The second kappa shape index (κ2) is 3.74. The molecule has 0 saturated carbocycles. The average molecular weight is 177 g/mol. The first-order valence-electron chi connectivity index (χ1n) is 4.18. The van der Waals surface area contributed by atoms with E-state index in [-0.39, 0.29) is 5.54 Å². The quantitative estimate of drug-likeness (QED) is 0.613. The van der Waals surface area contributed by atoms with Crippen LogP contribution in [-0.2, 0) is 0 Å². The van der Waals surface area contributed by atoms with Gasteiger partial charge >= 0.3 is 0 Å². The lowest BCUT2D eigenvalue weighted by atomic mass is 10.0. The van der Waals surface area contributed by atoms with Crippen LogP contribution in [-0.4, -0.2) is 30.6 Å². The second-order valence-electron chi connectivity index (χ2n) is 3.82. The second-order valence-corrected chi connectivity index (χ2v) is 4.20. The Bertz CT molecular complexity index is 115. The Morgan fingerprint density at radius 2 is 2.27 bits per heavy atom. The maximum absolute atomic E-state index is 5.64. The molecule has 11 heavy (non-hydrogen) atoms. The predicted molar refractivity (Wildman–Crippen MR) is 49.2 cm³/mol. The van der Waals surface area contributed by atoms with E-state index in [1.807, 2.05) is 0 Å². The lowest BCUT2D eigenvalue weighted by Crippen LogP contribution is -2.59. The summed E-state index contributed by atoms with van der Waals surface area (Å²) in [6, 6.07) is 0.570. The molecule has 0 bridgehead atoms. The van der Waals surface area contributed by atoms with Crippen molar-refractivity contribution in [1.29, 1.82) is 0 Å². The molecule has 0 radical (unpaired) electrons. The van der Waals surface area contributed by atoms with Crippen LogP contribution in [0.25, 0.3) is 0 Å². The van der Waals surface area contributed by atoms with Crippen molar-refractivity contribution in [2.45, 2.75) is 31.8 Å². The number of halogens is 1. The zero-order chi connectivity index (χ0) is 8.32. The van der Waals surface area contributed by atoms with E-state index < -0.39 is 0 Å². The number of rotatable bonds is 2. The highest BCUT2D eigenvalue weighted by Gasteiger charge is 2.24. The Balaban J connectivity index is 2.25. The van der Waals surface area contributed by atoms with Gasteiger partial charge in [0, 0.05) is 30.6 Å². The number of hydrogen-bond donors (Lipinski definition) is 2. The summed E-state index contributed by atoms with van der Waals surface area (Å²) in [4.78, 5) is 0. The third-order valence-electron chi connectivity index (χ3n) is 2.12. The van der Waals surface area contributed by atoms with Gasteiger partial charge < -0.3 is 10.6 Å². The molecule has 0 amide bonds. The molecule has 1 saturated heterocycles. The number of alkyl halides is 1. The van der Waals surface area contributed by atoms with E-state index in [1.165, 1.54) is 0 Å². The van der Waals surface area contributed by atoms with Crippen molar-refractivity contribution in [1.82, 2.24) is 10.6 Å². The van der Waals surface area contributed by atoms with E-state index in [9.17, 15) is 0 Å². The molecule has 66 valence electrons. The molecule has 1 aliphatic heterocycles. The molecule has 1 aliphatic rings. The van der Waals surface area contributed by atoms with E-state index in [1.54, 1.807) is 0 Å². The molecule has 1 fully saturated rings. The van der Waals surface area contributed by atoms with Crippen molar-refractivity contribution >= 4 is 11.6 Å². The van der Waals surface area contributed by atoms with Gasteiger partial charge in [-0.05, 0) is 20.3 Å². The number of piperazine rings is 1. The van der Waals surface area contributed by atoms with E-state index in [4.69, 9.17) is 11.6 Å². The lowest BCUT2D eigenvalue weighted by Gasteiger charge is -2.36. The summed E-state index contributed by atoms with van der Waals surface area (Å²) in [5.74, 6) is 0.750. The van der Waals surface area contributed by atoms with E-state index in [2.05, 4.69) is 24.5 Å². The minimum atomic E-state index is 0.253. The van der Waals surface area contributed by atoms with Gasteiger partial charge in [0.05, 0.1) is 0 Å². The van der Waals surface area contributed by atoms with Gasteiger partial charge in [0.25, 0.3) is 0 Å². The van der Waals surface area contributed by atoms with Crippen molar-refractivity contribution in [3.05, 3.63) is 0 Å². The van der Waals surface area contributed by atoms with E-state index in [0.717, 1.165) is 25.4 Å². The normalized spacial score (nSPS) is 30.3. The van der Waals surface area contributed by atoms with Gasteiger partial charge in [0.2, 0.25) is 0 Å². The Hall–Kier alpha value is 0.210. The van der Waals surface area contributed by atoms with Crippen LogP contribution in [0.15, 0.2) is 0 Å². The molecular formula is C8H17ClN2. The van der Waals surface area contributed by atoms with Crippen molar-refractivity contribution in [2.24, 2.45) is 0 Å². The molecule has 3 heteroatoms. The third kappa shape index (κ3) is 2.97. The lowest BCUT2D eigenvalue weighted by molar-refractivity contribution is 0.269. The summed E-state index contributed by atoms with van der Waals surface area (Å²) in [7, 11) is 0. The van der Waals surface area contributed by atoms with Gasteiger partial charge in [0.1, 0.15) is 0 Å². The van der Waals surface area contributed by atoms with Crippen LogP contribution in [0.2, 0.25) is 0 Å². The highest BCUT2D eigenvalue weighted by molar-refractivity contribution is 6.17. The fourth-order valence-electron chi connectivity index (χ4n) is 1.27. The van der Waals surface area contributed by atoms with Crippen molar-refractivity contribution in [2.75, 3.05) is 19.0 Å². The number of nitrogens with one attached hydrogen (secondary N) is 2. The summed E-state index contributed by atoms with van der Waals surface area (Å²) in [6.07, 6.45) is 1.06. The van der Waals surface area contributed by atoms with Crippen LogP contribution in [0.3, 0.4) is 0 Å². The molecular weight excluding hydrogens is 160 g/mol. The van der Waals surface area contributed by atoms with Crippen molar-refractivity contribution in [3.63, 3.8) is 0 Å². The Morgan fingerprint density at radius 1 is 1.55 bits per heavy atom. The predicted octanol–water partition coefficient (Wildman–Crippen LogP) is 0.955. The van der Waals surface area contributed by atoms with Crippen LogP contribution < -0.4 is 10.6 Å². The molecule has 0 aromatic heterocycles. The molecule has 0 aromatic rings. The van der Waals surface area contributed by atoms with Crippen LogP contribution in [0, 0.1) is 0 Å². The molecule has 2 nitrogen and oxygen atoms in total. The molecule has 0 spiro atoms. The zero-order valence-electron chi connectivity index (χ0n) is 7.28. The molecule has 1 rings (SSSR count). The van der Waals surface area contributed by atoms with Crippen LogP contribution in [0.4, 0.5) is 0 Å². The monoisotopic (exact) mass is 176 g/mol. The van der Waals surface area contributed by atoms with E-state index in [0.29, 0.717) is 6.04 Å². The smallest absolute Gasteiger partial charge is 0.0250 e. The highest BCUT2D eigenvalue weighted by atomic mass is 35.5. The Labute approximate surface area is 73.7 Å². The molecule has 0 aliphatic carbocycles. The largest absolute Gasteiger partial charge is 0.311 e. The summed E-state index contributed by atoms with van der Waals surface area (Å²) >= 11 is 5.64. The first-order valence-corrected chi connectivity index (χ1v) is 4.72. The fourth-order valence-corrected chi connectivity index (χ4v) is 1.53. The SMILES string of the molecule is CC1(C)CNC(CCCl)CN1. The summed E-state index contributed by atoms with van der Waals surface area (Å²) < 4.78 is 0. The van der Waals surface area contributed by atoms with Gasteiger partial charge in [-0.1, -0.05) is 0 Å². The Kier molecular flexibility index (Phi) is 3.16. The average Bonchev–Trinajstić information content (AvgIpc) is 1.94. The van der Waals surface area contributed by atoms with Gasteiger partial charge in [-0.2, -0.15) is 0 Å². The first-order chi connectivity index (χ1) is 5.14. The van der Waals surface area contributed by atoms with Gasteiger partial charge in [-0.3, -0.25) is 0 Å². The minimum absolute atomic E-state index is 0.253. The molecule has 1 atom stereocenters. The van der Waals surface area contributed by atoms with Crippen molar-refractivity contribution in [3.8, 4) is 0 Å². The van der Waals surface area contributed by atoms with E-state index >= 15 is 0 Å². The maximum atomic E-state index is 5.64. The van der Waals surface area contributed by atoms with Crippen LogP contribution in [0.1, 0.15) is 20.3 Å². The molecule has 0 aromatic carbocycles. The summed E-state index contributed by atoms with van der Waals surface area (Å²) in [5.41, 5.74) is 0.253. The summed E-state index contributed by atoms with van der Waals surface area (Å²) in [5, 5.41) is 6.94. The maximum Gasteiger partial charge on any atom is 0.0250 e. The molecule has 1 heterocycles. The topological polar surface area (TPSA) is 24.1 Å². The number of hydrogen-bond acceptors (Lipinski definition) is 2. The Morgan fingerprint density at radius 3 is 2.73 bits per heavy atom. The third-order valence-corrected chi connectivity index (χ3v) is 2.34. The fraction of sp³-hybridized carbons (Fsp3) is 1.00. The van der Waals surface area contributed by atoms with Gasteiger partial charge in [0.15, 0.2) is 0 Å².